The minimum atomic E-state index is 1.12. The summed E-state index contributed by atoms with van der Waals surface area (Å²) in [5.41, 5.74) is 11.8. The average molecular weight is 719 g/mol. The molecule has 0 saturated carbocycles. The summed E-state index contributed by atoms with van der Waals surface area (Å²) in [6.07, 6.45) is 0. The maximum absolute atomic E-state index is 2.44. The Kier molecular flexibility index (Phi) is 7.39. The van der Waals surface area contributed by atoms with Gasteiger partial charge in [-0.1, -0.05) is 140 Å². The van der Waals surface area contributed by atoms with E-state index in [1.54, 1.807) is 0 Å². The van der Waals surface area contributed by atoms with Gasteiger partial charge in [-0.3, -0.25) is 0 Å². The highest BCUT2D eigenvalue weighted by Crippen LogP contribution is 2.48. The highest BCUT2D eigenvalue weighted by molar-refractivity contribution is 7.26. The average Bonchev–Trinajstić information content (AvgIpc) is 3.81. The van der Waals surface area contributed by atoms with Crippen LogP contribution in [-0.4, -0.2) is 4.57 Å². The number of hydrogen-bond donors (Lipinski definition) is 0. The number of thiophene rings is 1. The van der Waals surface area contributed by atoms with Gasteiger partial charge in [0, 0.05) is 43.3 Å². The molecule has 0 amide bonds. The molecule has 0 aliphatic rings. The minimum absolute atomic E-state index is 1.12. The molecule has 2 aromatic heterocycles. The number of para-hydroxylation sites is 2. The molecule has 2 heterocycles. The predicted molar refractivity (Wildman–Crippen MR) is 237 cm³/mol. The topological polar surface area (TPSA) is 8.17 Å². The van der Waals surface area contributed by atoms with E-state index >= 15 is 0 Å². The van der Waals surface area contributed by atoms with Crippen molar-refractivity contribution in [3.05, 3.63) is 206 Å². The van der Waals surface area contributed by atoms with Crippen molar-refractivity contribution >= 4 is 81.1 Å². The molecule has 11 aromatic rings. The Balaban J connectivity index is 1.17. The third kappa shape index (κ3) is 5.24. The summed E-state index contributed by atoms with van der Waals surface area (Å²) in [6.45, 7) is 0. The van der Waals surface area contributed by atoms with Gasteiger partial charge in [0.05, 0.1) is 21.4 Å². The van der Waals surface area contributed by atoms with Gasteiger partial charge in [-0.15, -0.1) is 11.3 Å². The molecule has 0 atom stereocenters. The summed E-state index contributed by atoms with van der Waals surface area (Å²) in [5, 5.41) is 7.62. The number of nitrogens with zero attached hydrogens (tertiary/aromatic N) is 2. The van der Waals surface area contributed by atoms with Gasteiger partial charge in [0.2, 0.25) is 0 Å². The van der Waals surface area contributed by atoms with Crippen LogP contribution in [0.4, 0.5) is 17.1 Å². The molecule has 0 saturated heterocycles. The second-order valence-electron chi connectivity index (χ2n) is 14.1. The van der Waals surface area contributed by atoms with Crippen LogP contribution in [0.3, 0.4) is 0 Å². The quantitative estimate of drug-likeness (QED) is 0.166. The van der Waals surface area contributed by atoms with E-state index in [1.807, 2.05) is 11.3 Å². The molecule has 2 nitrogen and oxygen atoms in total. The van der Waals surface area contributed by atoms with Gasteiger partial charge in [-0.2, -0.15) is 0 Å². The van der Waals surface area contributed by atoms with Gasteiger partial charge < -0.3 is 9.47 Å². The molecule has 3 heteroatoms. The van der Waals surface area contributed by atoms with Crippen LogP contribution < -0.4 is 4.90 Å². The molecule has 0 aliphatic carbocycles. The van der Waals surface area contributed by atoms with Crippen LogP contribution in [0.5, 0.6) is 0 Å². The lowest BCUT2D eigenvalue weighted by Gasteiger charge is -2.27. The summed E-state index contributed by atoms with van der Waals surface area (Å²) in [5.74, 6) is 0. The number of fused-ring (bicyclic) bond motifs is 8. The third-order valence-electron chi connectivity index (χ3n) is 11.0. The smallest absolute Gasteiger partial charge is 0.0646 e. The molecular formula is C52H34N2S. The Labute approximate surface area is 323 Å². The number of aromatic nitrogens is 1. The molecule has 0 unspecified atom stereocenters. The van der Waals surface area contributed by atoms with E-state index in [0.717, 1.165) is 17.1 Å². The summed E-state index contributed by atoms with van der Waals surface area (Å²) in [6, 6.07) is 75.2. The largest absolute Gasteiger partial charge is 0.309 e. The summed E-state index contributed by atoms with van der Waals surface area (Å²) >= 11 is 1.87. The van der Waals surface area contributed by atoms with Crippen LogP contribution in [0.25, 0.3) is 80.7 Å². The molecule has 0 aliphatic heterocycles. The monoisotopic (exact) mass is 718 g/mol. The Hall–Kier alpha value is -6.94. The molecule has 11 rings (SSSR count). The van der Waals surface area contributed by atoms with Crippen molar-refractivity contribution in [2.75, 3.05) is 4.90 Å². The number of anilines is 3. The lowest BCUT2D eigenvalue weighted by molar-refractivity contribution is 1.18. The number of hydrogen-bond acceptors (Lipinski definition) is 2. The van der Waals surface area contributed by atoms with Crippen LogP contribution in [0.1, 0.15) is 0 Å². The molecule has 0 bridgehead atoms. The maximum Gasteiger partial charge on any atom is 0.0646 e. The van der Waals surface area contributed by atoms with Gasteiger partial charge in [-0.25, -0.2) is 0 Å². The first kappa shape index (κ1) is 31.6. The van der Waals surface area contributed by atoms with Gasteiger partial charge in [0.15, 0.2) is 0 Å². The summed E-state index contributed by atoms with van der Waals surface area (Å²) in [4.78, 5) is 2.43. The van der Waals surface area contributed by atoms with Crippen molar-refractivity contribution in [1.82, 2.24) is 4.57 Å². The van der Waals surface area contributed by atoms with Gasteiger partial charge in [-0.05, 0) is 99.8 Å². The Morgan fingerprint density at radius 1 is 0.382 bits per heavy atom. The zero-order valence-electron chi connectivity index (χ0n) is 29.9. The fourth-order valence-corrected chi connectivity index (χ4v) is 9.59. The lowest BCUT2D eigenvalue weighted by atomic mass is 9.98. The first-order valence-electron chi connectivity index (χ1n) is 18.8. The fraction of sp³-hybridized carbons (Fsp3) is 0. The standard InChI is InChI=1S/C52H34N2S/c1-4-14-35(15-5-1)36-24-28-42(29-25-36)53(40-17-6-2-7-18-40)49-34-39(32-46-44-22-12-13-23-50(44)55-52(46)49)38-26-30-45-48(33-38)54(41-19-8-3-9-20-41)47-31-27-37-16-10-11-21-43(37)51(45)47/h1-34H. The summed E-state index contributed by atoms with van der Waals surface area (Å²) < 4.78 is 4.99. The normalized spacial score (nSPS) is 11.6. The highest BCUT2D eigenvalue weighted by atomic mass is 32.1. The number of benzene rings is 9. The second-order valence-corrected chi connectivity index (χ2v) is 15.2. The number of rotatable bonds is 6. The highest BCUT2D eigenvalue weighted by Gasteiger charge is 2.21. The zero-order chi connectivity index (χ0) is 36.3. The SMILES string of the molecule is c1ccc(-c2ccc(N(c3ccccc3)c3cc(-c4ccc5c6c7ccccc7ccc6n(-c6ccccc6)c5c4)cc4c3sc3ccccc34)cc2)cc1. The van der Waals surface area contributed by atoms with Gasteiger partial charge in [0.25, 0.3) is 0 Å². The predicted octanol–water partition coefficient (Wildman–Crippen LogP) is 15.1. The minimum Gasteiger partial charge on any atom is -0.309 e. The van der Waals surface area contributed by atoms with Crippen LogP contribution >= 0.6 is 11.3 Å². The Morgan fingerprint density at radius 3 is 1.82 bits per heavy atom. The van der Waals surface area contributed by atoms with Crippen molar-refractivity contribution in [2.24, 2.45) is 0 Å². The van der Waals surface area contributed by atoms with E-state index in [4.69, 9.17) is 0 Å². The molecule has 55 heavy (non-hydrogen) atoms. The summed E-state index contributed by atoms with van der Waals surface area (Å²) in [7, 11) is 0. The molecule has 0 spiro atoms. The van der Waals surface area contributed by atoms with Gasteiger partial charge >= 0.3 is 0 Å². The van der Waals surface area contributed by atoms with E-state index in [-0.39, 0.29) is 0 Å². The van der Waals surface area contributed by atoms with Crippen LogP contribution in [0, 0.1) is 0 Å². The van der Waals surface area contributed by atoms with Crippen LogP contribution in [0.15, 0.2) is 206 Å². The first-order valence-corrected chi connectivity index (χ1v) is 19.6. The fourth-order valence-electron chi connectivity index (χ4n) is 8.40. The van der Waals surface area contributed by atoms with E-state index in [1.165, 1.54) is 80.7 Å². The zero-order valence-corrected chi connectivity index (χ0v) is 30.7. The van der Waals surface area contributed by atoms with Crippen molar-refractivity contribution in [3.63, 3.8) is 0 Å². The Bertz CT molecular complexity index is 3180. The third-order valence-corrected chi connectivity index (χ3v) is 12.2. The second kappa shape index (κ2) is 12.9. The van der Waals surface area contributed by atoms with Crippen LogP contribution in [-0.2, 0) is 0 Å². The molecular weight excluding hydrogens is 685 g/mol. The molecule has 9 aromatic carbocycles. The maximum atomic E-state index is 2.44. The lowest BCUT2D eigenvalue weighted by Crippen LogP contribution is -2.10. The molecule has 0 N–H and O–H groups in total. The van der Waals surface area contributed by atoms with Crippen molar-refractivity contribution in [3.8, 4) is 27.9 Å². The molecule has 258 valence electrons. The van der Waals surface area contributed by atoms with Crippen molar-refractivity contribution in [2.45, 2.75) is 0 Å². The molecule has 0 fully saturated rings. The van der Waals surface area contributed by atoms with E-state index in [2.05, 4.69) is 216 Å². The van der Waals surface area contributed by atoms with Crippen LogP contribution in [0.2, 0.25) is 0 Å². The Morgan fingerprint density at radius 2 is 1.02 bits per heavy atom. The first-order chi connectivity index (χ1) is 27.3. The van der Waals surface area contributed by atoms with Gasteiger partial charge in [0.1, 0.15) is 0 Å². The van der Waals surface area contributed by atoms with E-state index < -0.39 is 0 Å². The van der Waals surface area contributed by atoms with E-state index in [0.29, 0.717) is 0 Å². The van der Waals surface area contributed by atoms with Crippen molar-refractivity contribution < 1.29 is 0 Å². The van der Waals surface area contributed by atoms with E-state index in [9.17, 15) is 0 Å². The van der Waals surface area contributed by atoms with Crippen molar-refractivity contribution in [1.29, 1.82) is 0 Å². The molecule has 0 radical (unpaired) electrons.